The number of hydrogen-bond acceptors (Lipinski definition) is 9. The van der Waals surface area contributed by atoms with Gasteiger partial charge in [-0.15, -0.1) is 0 Å². The summed E-state index contributed by atoms with van der Waals surface area (Å²) in [5.41, 5.74) is -0.469. The van der Waals surface area contributed by atoms with Crippen molar-refractivity contribution >= 4 is 23.5 Å². The Balaban J connectivity index is 1.74. The molecule has 5 N–H and O–H groups in total. The Morgan fingerprint density at radius 3 is 2.73 bits per heavy atom. The average Bonchev–Trinajstić information content (AvgIpc) is 3.42. The van der Waals surface area contributed by atoms with Gasteiger partial charge in [-0.25, -0.2) is 9.97 Å². The molecular formula is C23H29F3N8O3. The number of amidine groups is 1. The molecule has 2 aromatic rings. The summed E-state index contributed by atoms with van der Waals surface area (Å²) in [6, 6.07) is 2.78. The molecule has 37 heavy (non-hydrogen) atoms. The molecule has 1 saturated heterocycles. The summed E-state index contributed by atoms with van der Waals surface area (Å²) < 4.78 is 42.8. The minimum atomic E-state index is -4.42. The van der Waals surface area contributed by atoms with Crippen molar-refractivity contribution in [3.63, 3.8) is 0 Å². The molecule has 0 aromatic carbocycles. The van der Waals surface area contributed by atoms with Crippen LogP contribution in [0.1, 0.15) is 24.3 Å². The molecule has 3 rings (SSSR count). The Hall–Kier alpha value is -3.94. The minimum Gasteiger partial charge on any atom is -0.444 e. The maximum absolute atomic E-state index is 13.0. The first-order valence-corrected chi connectivity index (χ1v) is 11.3. The normalized spacial score (nSPS) is 17.6. The van der Waals surface area contributed by atoms with Crippen molar-refractivity contribution in [3.8, 4) is 11.5 Å². The number of anilines is 1. The summed E-state index contributed by atoms with van der Waals surface area (Å²) in [6.45, 7) is 3.28. The second-order valence-corrected chi connectivity index (χ2v) is 8.98. The Morgan fingerprint density at radius 2 is 2.08 bits per heavy atom. The van der Waals surface area contributed by atoms with Crippen LogP contribution in [0.2, 0.25) is 0 Å². The van der Waals surface area contributed by atoms with E-state index in [4.69, 9.17) is 9.83 Å². The van der Waals surface area contributed by atoms with Crippen LogP contribution < -0.4 is 21.3 Å². The van der Waals surface area contributed by atoms with Gasteiger partial charge in [-0.2, -0.15) is 13.2 Å². The van der Waals surface area contributed by atoms with Crippen molar-refractivity contribution < 1.29 is 27.2 Å². The highest BCUT2D eigenvalue weighted by atomic mass is 19.4. The molecule has 2 amide bonds. The SMILES string of the molecule is CN/C=C(/NC(=O)c1coc(-c2ccnc(NCC(F)(F)F)c2)n1)C(=N)N1CC(CNC)C(C)(C)C1=O. The molecule has 0 aliphatic carbocycles. The van der Waals surface area contributed by atoms with E-state index in [1.54, 1.807) is 14.1 Å². The quantitative estimate of drug-likeness (QED) is 0.249. The van der Waals surface area contributed by atoms with Crippen LogP contribution in [0.15, 0.2) is 40.9 Å². The fourth-order valence-corrected chi connectivity index (χ4v) is 3.81. The van der Waals surface area contributed by atoms with Gasteiger partial charge in [0.2, 0.25) is 11.8 Å². The second kappa shape index (κ2) is 11.0. The number of carbonyl (C=O) groups is 2. The zero-order valence-electron chi connectivity index (χ0n) is 20.8. The topological polar surface area (TPSA) is 148 Å². The Labute approximate surface area is 211 Å². The molecule has 3 heterocycles. The van der Waals surface area contributed by atoms with E-state index >= 15 is 0 Å². The predicted molar refractivity (Wildman–Crippen MR) is 130 cm³/mol. The predicted octanol–water partition coefficient (Wildman–Crippen LogP) is 2.18. The van der Waals surface area contributed by atoms with Gasteiger partial charge in [0, 0.05) is 49.4 Å². The molecule has 1 unspecified atom stereocenters. The Kier molecular flexibility index (Phi) is 8.21. The van der Waals surface area contributed by atoms with Gasteiger partial charge < -0.3 is 25.7 Å². The number of rotatable bonds is 9. The number of amides is 2. The molecule has 1 aliphatic rings. The summed E-state index contributed by atoms with van der Waals surface area (Å²) in [7, 11) is 3.38. The lowest BCUT2D eigenvalue weighted by Gasteiger charge is -2.23. The monoisotopic (exact) mass is 522 g/mol. The number of nitrogens with one attached hydrogen (secondary N) is 5. The number of alkyl halides is 3. The van der Waals surface area contributed by atoms with Crippen LogP contribution in [-0.2, 0) is 4.79 Å². The Morgan fingerprint density at radius 1 is 1.35 bits per heavy atom. The lowest BCUT2D eigenvalue weighted by Crippen LogP contribution is -2.41. The number of aromatic nitrogens is 2. The zero-order chi connectivity index (χ0) is 27.4. The van der Waals surface area contributed by atoms with Gasteiger partial charge in [-0.3, -0.25) is 19.9 Å². The third-order valence-corrected chi connectivity index (χ3v) is 5.95. The molecule has 14 heteroatoms. The first-order chi connectivity index (χ1) is 17.4. The molecule has 0 radical (unpaired) electrons. The largest absolute Gasteiger partial charge is 0.444 e. The van der Waals surface area contributed by atoms with E-state index in [1.807, 2.05) is 13.8 Å². The average molecular weight is 523 g/mol. The van der Waals surface area contributed by atoms with Crippen molar-refractivity contribution in [1.82, 2.24) is 30.8 Å². The van der Waals surface area contributed by atoms with E-state index in [0.717, 1.165) is 6.26 Å². The molecule has 1 atom stereocenters. The van der Waals surface area contributed by atoms with E-state index in [9.17, 15) is 22.8 Å². The van der Waals surface area contributed by atoms with Gasteiger partial charge in [0.05, 0.1) is 5.70 Å². The fourth-order valence-electron chi connectivity index (χ4n) is 3.81. The van der Waals surface area contributed by atoms with Crippen molar-refractivity contribution in [2.75, 3.05) is 39.0 Å². The van der Waals surface area contributed by atoms with Gasteiger partial charge >= 0.3 is 6.18 Å². The number of nitrogens with zero attached hydrogens (tertiary/aromatic N) is 3. The highest BCUT2D eigenvalue weighted by molar-refractivity contribution is 6.10. The van der Waals surface area contributed by atoms with Gasteiger partial charge in [-0.1, -0.05) is 13.8 Å². The third kappa shape index (κ3) is 6.44. The number of pyridine rings is 1. The zero-order valence-corrected chi connectivity index (χ0v) is 20.8. The number of likely N-dealkylation sites (tertiary alicyclic amines) is 1. The number of carbonyl (C=O) groups excluding carboxylic acids is 2. The maximum atomic E-state index is 13.0. The van der Waals surface area contributed by atoms with Crippen LogP contribution in [0.5, 0.6) is 0 Å². The summed E-state index contributed by atoms with van der Waals surface area (Å²) in [5, 5.41) is 19.2. The molecule has 0 saturated carbocycles. The van der Waals surface area contributed by atoms with Gasteiger partial charge in [0.1, 0.15) is 18.6 Å². The molecule has 0 bridgehead atoms. The molecule has 1 fully saturated rings. The molecule has 1 aliphatic heterocycles. The first-order valence-electron chi connectivity index (χ1n) is 11.3. The number of halogens is 3. The van der Waals surface area contributed by atoms with Crippen LogP contribution in [0.4, 0.5) is 19.0 Å². The molecule has 200 valence electrons. The van der Waals surface area contributed by atoms with Crippen LogP contribution in [0.3, 0.4) is 0 Å². The molecule has 0 spiro atoms. The van der Waals surface area contributed by atoms with E-state index in [0.29, 0.717) is 18.7 Å². The summed E-state index contributed by atoms with van der Waals surface area (Å²) in [6.07, 6.45) is -0.666. The first kappa shape index (κ1) is 27.6. The van der Waals surface area contributed by atoms with Crippen LogP contribution in [-0.4, -0.2) is 72.4 Å². The minimum absolute atomic E-state index is 0.0109. The highest BCUT2D eigenvalue weighted by Crippen LogP contribution is 2.36. The second-order valence-electron chi connectivity index (χ2n) is 8.98. The lowest BCUT2D eigenvalue weighted by molar-refractivity contribution is -0.132. The number of oxazole rings is 1. The number of hydrogen-bond donors (Lipinski definition) is 5. The summed E-state index contributed by atoms with van der Waals surface area (Å²) >= 11 is 0. The highest BCUT2D eigenvalue weighted by Gasteiger charge is 2.48. The van der Waals surface area contributed by atoms with Crippen LogP contribution in [0, 0.1) is 16.7 Å². The maximum Gasteiger partial charge on any atom is 0.405 e. The van der Waals surface area contributed by atoms with Crippen LogP contribution >= 0.6 is 0 Å². The van der Waals surface area contributed by atoms with Crippen molar-refractivity contribution in [1.29, 1.82) is 5.41 Å². The van der Waals surface area contributed by atoms with Crippen molar-refractivity contribution in [3.05, 3.63) is 42.2 Å². The summed E-state index contributed by atoms with van der Waals surface area (Å²) in [5.74, 6) is -1.21. The molecular weight excluding hydrogens is 493 g/mol. The molecule has 11 nitrogen and oxygen atoms in total. The van der Waals surface area contributed by atoms with E-state index in [2.05, 4.69) is 31.2 Å². The van der Waals surface area contributed by atoms with Crippen molar-refractivity contribution in [2.24, 2.45) is 11.3 Å². The fraction of sp³-hybridized carbons (Fsp3) is 0.435. The van der Waals surface area contributed by atoms with Gasteiger partial charge in [0.25, 0.3) is 5.91 Å². The standard InChI is InChI=1S/C23H29F3N8O3/c1-22(2)14(8-28-3)10-34(21(22)36)18(27)15(9-29-4)32-19(35)16-11-37-20(33-16)13-5-6-30-17(7-13)31-12-23(24,25)26/h5-7,9,11,14,27-29H,8,10,12H2,1-4H3,(H,30,31)(H,32,35)/b15-9+,27-18?. The molecule has 2 aromatic heterocycles. The van der Waals surface area contributed by atoms with Gasteiger partial charge in [0.15, 0.2) is 11.5 Å². The smallest absolute Gasteiger partial charge is 0.405 e. The summed E-state index contributed by atoms with van der Waals surface area (Å²) in [4.78, 5) is 35.2. The van der Waals surface area contributed by atoms with Crippen LogP contribution in [0.25, 0.3) is 11.5 Å². The van der Waals surface area contributed by atoms with E-state index in [-0.39, 0.29) is 40.8 Å². The lowest BCUT2D eigenvalue weighted by atomic mass is 9.81. The Bertz CT molecular complexity index is 1190. The van der Waals surface area contributed by atoms with Crippen molar-refractivity contribution in [2.45, 2.75) is 20.0 Å². The van der Waals surface area contributed by atoms with E-state index < -0.39 is 24.0 Å². The van der Waals surface area contributed by atoms with E-state index in [1.165, 1.54) is 29.4 Å². The van der Waals surface area contributed by atoms with Gasteiger partial charge in [-0.05, 0) is 19.2 Å². The third-order valence-electron chi connectivity index (χ3n) is 5.95.